The lowest BCUT2D eigenvalue weighted by molar-refractivity contribution is 0.590. The summed E-state index contributed by atoms with van der Waals surface area (Å²) in [6.45, 7) is 25.0. The highest BCUT2D eigenvalue weighted by atomic mass is 35.5. The lowest BCUT2D eigenvalue weighted by Gasteiger charge is -2.33. The Kier molecular flexibility index (Phi) is 11.7. The van der Waals surface area contributed by atoms with Gasteiger partial charge in [-0.1, -0.05) is 190 Å². The van der Waals surface area contributed by atoms with Crippen molar-refractivity contribution in [1.29, 1.82) is 0 Å². The minimum absolute atomic E-state index is 0.0320. The monoisotopic (exact) mass is 808 g/mol. The normalized spacial score (nSPS) is 12.3. The van der Waals surface area contributed by atoms with Gasteiger partial charge >= 0.3 is 0 Å². The predicted molar refractivity (Wildman–Crippen MR) is 260 cm³/mol. The molecular formula is C57H61ClN2. The molecule has 0 radical (unpaired) electrons. The van der Waals surface area contributed by atoms with E-state index in [2.05, 4.69) is 256 Å². The lowest BCUT2D eigenvalue weighted by Crippen LogP contribution is -2.20. The molecule has 306 valence electrons. The summed E-state index contributed by atoms with van der Waals surface area (Å²) in [5.41, 5.74) is 14.3. The van der Waals surface area contributed by atoms with Gasteiger partial charge in [-0.05, 0) is 117 Å². The molecule has 0 fully saturated rings. The maximum atomic E-state index is 7.91. The molecule has 0 aliphatic rings. The molecule has 0 amide bonds. The van der Waals surface area contributed by atoms with E-state index in [0.717, 1.165) is 39.7 Å². The van der Waals surface area contributed by atoms with Crippen molar-refractivity contribution >= 4 is 45.7 Å². The van der Waals surface area contributed by atoms with E-state index in [1.54, 1.807) is 0 Å². The second-order valence-corrected chi connectivity index (χ2v) is 19.8. The van der Waals surface area contributed by atoms with Gasteiger partial charge in [-0.3, -0.25) is 0 Å². The molecule has 0 heterocycles. The maximum absolute atomic E-state index is 7.91. The first-order valence-electron chi connectivity index (χ1n) is 21.3. The Morgan fingerprint density at radius 1 is 0.333 bits per heavy atom. The summed E-state index contributed by atoms with van der Waals surface area (Å²) < 4.78 is 0. The van der Waals surface area contributed by atoms with Crippen LogP contribution in [-0.2, 0) is 21.7 Å². The van der Waals surface area contributed by atoms with Crippen molar-refractivity contribution < 1.29 is 0 Å². The van der Waals surface area contributed by atoms with Gasteiger partial charge in [0.1, 0.15) is 0 Å². The fourth-order valence-corrected chi connectivity index (χ4v) is 8.51. The first-order valence-corrected chi connectivity index (χ1v) is 21.7. The summed E-state index contributed by atoms with van der Waals surface area (Å²) in [6.07, 6.45) is 0. The van der Waals surface area contributed by atoms with Crippen molar-refractivity contribution in [3.8, 4) is 0 Å². The van der Waals surface area contributed by atoms with Crippen LogP contribution in [0.3, 0.4) is 0 Å². The number of nitrogens with zero attached hydrogens (tertiary/aromatic N) is 2. The van der Waals surface area contributed by atoms with Gasteiger partial charge in [-0.25, -0.2) is 0 Å². The van der Waals surface area contributed by atoms with Crippen LogP contribution in [0.1, 0.15) is 108 Å². The van der Waals surface area contributed by atoms with Crippen molar-refractivity contribution in [3.05, 3.63) is 214 Å². The number of hydrogen-bond acceptors (Lipinski definition) is 2. The van der Waals surface area contributed by atoms with Gasteiger partial charge in [-0.2, -0.15) is 0 Å². The van der Waals surface area contributed by atoms with E-state index in [4.69, 9.17) is 11.6 Å². The Balaban J connectivity index is 1.43. The van der Waals surface area contributed by atoms with Crippen molar-refractivity contribution in [3.63, 3.8) is 0 Å². The smallest absolute Gasteiger partial charge is 0.0887 e. The first-order chi connectivity index (χ1) is 28.4. The molecular weight excluding hydrogens is 748 g/mol. The second-order valence-electron chi connectivity index (χ2n) is 19.5. The molecule has 0 saturated heterocycles. The molecule has 3 heteroatoms. The third-order valence-electron chi connectivity index (χ3n) is 12.3. The molecule has 0 saturated carbocycles. The van der Waals surface area contributed by atoms with E-state index in [1.165, 1.54) is 33.4 Å². The molecule has 0 aliphatic heterocycles. The molecule has 0 bridgehead atoms. The molecule has 7 aromatic carbocycles. The molecule has 0 atom stereocenters. The van der Waals surface area contributed by atoms with Gasteiger partial charge in [0.15, 0.2) is 0 Å². The largest absolute Gasteiger partial charge is 0.309 e. The minimum Gasteiger partial charge on any atom is -0.309 e. The molecule has 7 rings (SSSR count). The van der Waals surface area contributed by atoms with Crippen LogP contribution in [0.15, 0.2) is 170 Å². The predicted octanol–water partition coefficient (Wildman–Crippen LogP) is 16.8. The van der Waals surface area contributed by atoms with E-state index in [-0.39, 0.29) is 21.7 Å². The highest BCUT2D eigenvalue weighted by molar-refractivity contribution is 6.36. The molecule has 0 aromatic heterocycles. The Morgan fingerprint density at radius 2 is 0.650 bits per heavy atom. The number of aryl methyl sites for hydroxylation is 1. The summed E-state index contributed by atoms with van der Waals surface area (Å²) in [4.78, 5) is 4.67. The Bertz CT molecular complexity index is 2400. The van der Waals surface area contributed by atoms with Gasteiger partial charge < -0.3 is 9.80 Å². The van der Waals surface area contributed by atoms with Crippen LogP contribution in [0.25, 0.3) is 0 Å². The summed E-state index contributed by atoms with van der Waals surface area (Å²) in [5.74, 6) is 0. The Hall–Kier alpha value is -5.57. The molecule has 2 nitrogen and oxygen atoms in total. The van der Waals surface area contributed by atoms with Crippen LogP contribution >= 0.6 is 11.6 Å². The zero-order valence-electron chi connectivity index (χ0n) is 37.4. The second kappa shape index (κ2) is 16.5. The van der Waals surface area contributed by atoms with Crippen molar-refractivity contribution in [2.75, 3.05) is 9.80 Å². The van der Waals surface area contributed by atoms with Crippen molar-refractivity contribution in [1.82, 2.24) is 0 Å². The maximum Gasteiger partial charge on any atom is 0.0887 e. The third kappa shape index (κ3) is 8.68. The zero-order valence-corrected chi connectivity index (χ0v) is 38.2. The third-order valence-corrected chi connectivity index (χ3v) is 12.7. The molecule has 7 aromatic rings. The highest BCUT2D eigenvalue weighted by Gasteiger charge is 2.28. The number of anilines is 6. The van der Waals surface area contributed by atoms with Crippen molar-refractivity contribution in [2.24, 2.45) is 0 Å². The van der Waals surface area contributed by atoms with Crippen molar-refractivity contribution in [2.45, 2.75) is 97.8 Å². The summed E-state index contributed by atoms with van der Waals surface area (Å²) in [7, 11) is 0. The van der Waals surface area contributed by atoms with E-state index >= 15 is 0 Å². The Morgan fingerprint density at radius 3 is 1.00 bits per heavy atom. The van der Waals surface area contributed by atoms with Crippen LogP contribution in [0.2, 0.25) is 5.02 Å². The van der Waals surface area contributed by atoms with Gasteiger partial charge in [0.05, 0.1) is 16.4 Å². The van der Waals surface area contributed by atoms with Gasteiger partial charge in [-0.15, -0.1) is 0 Å². The summed E-state index contributed by atoms with van der Waals surface area (Å²) >= 11 is 7.91. The minimum atomic E-state index is -0.173. The zero-order chi connectivity index (χ0) is 43.0. The summed E-state index contributed by atoms with van der Waals surface area (Å²) in [6, 6.07) is 61.9. The van der Waals surface area contributed by atoms with Crippen LogP contribution in [0.5, 0.6) is 0 Å². The fourth-order valence-electron chi connectivity index (χ4n) is 8.23. The van der Waals surface area contributed by atoms with Gasteiger partial charge in [0.2, 0.25) is 0 Å². The topological polar surface area (TPSA) is 6.48 Å². The lowest BCUT2D eigenvalue weighted by atomic mass is 9.78. The molecule has 0 unspecified atom stereocenters. The highest BCUT2D eigenvalue weighted by Crippen LogP contribution is 2.49. The summed E-state index contributed by atoms with van der Waals surface area (Å²) in [5, 5.41) is 0.672. The van der Waals surface area contributed by atoms with Crippen LogP contribution in [-0.4, -0.2) is 0 Å². The molecule has 0 aliphatic carbocycles. The average molecular weight is 810 g/mol. The Labute approximate surface area is 365 Å². The van der Waals surface area contributed by atoms with Crippen LogP contribution in [0.4, 0.5) is 34.1 Å². The number of hydrogen-bond donors (Lipinski definition) is 0. The van der Waals surface area contributed by atoms with E-state index in [0.29, 0.717) is 5.02 Å². The number of halogens is 1. The number of rotatable bonds is 10. The number of benzene rings is 7. The average Bonchev–Trinajstić information content (AvgIpc) is 3.23. The van der Waals surface area contributed by atoms with Gasteiger partial charge in [0, 0.05) is 33.6 Å². The SMILES string of the molecule is Cc1cc(N(c2ccc(C(C)(C)c3ccccc3)cc2)c2ccc(C(C)(C)c3ccccc3)cc2)c(Cl)c(N(c2cccc(C(C)(C)C)c2)c2cccc(C(C)(C)C)c2)c1. The standard InChI is InChI=1S/C57H61ClN2/c1-40-36-51(53(58)52(37-40)60(49-26-18-24-45(38-49)54(2,3)4)50-27-19-25-46(39-50)55(5,6)7)59(47-32-28-43(29-33-47)56(8,9)41-20-14-12-15-21-41)48-34-30-44(31-35-48)57(10,11)42-22-16-13-17-23-42/h12-39H,1-11H3. The van der Waals surface area contributed by atoms with Gasteiger partial charge in [0.25, 0.3) is 0 Å². The quantitative estimate of drug-likeness (QED) is 0.136. The van der Waals surface area contributed by atoms with Crippen LogP contribution in [0, 0.1) is 6.92 Å². The molecule has 0 N–H and O–H groups in total. The first kappa shape index (κ1) is 42.6. The van der Waals surface area contributed by atoms with E-state index in [1.807, 2.05) is 0 Å². The molecule has 0 spiro atoms. The van der Waals surface area contributed by atoms with E-state index in [9.17, 15) is 0 Å². The molecule has 60 heavy (non-hydrogen) atoms. The van der Waals surface area contributed by atoms with Crippen LogP contribution < -0.4 is 9.80 Å². The fraction of sp³-hybridized carbons (Fsp3) is 0.263. The van der Waals surface area contributed by atoms with E-state index < -0.39 is 0 Å².